The zero-order valence-corrected chi connectivity index (χ0v) is 24.0. The van der Waals surface area contributed by atoms with Crippen LogP contribution < -0.4 is 26.6 Å². The zero-order valence-electron chi connectivity index (χ0n) is 24.0. The van der Waals surface area contributed by atoms with Crippen LogP contribution in [0.1, 0.15) is 49.4 Å². The second-order valence-corrected chi connectivity index (χ2v) is 9.87. The average molecular weight is 539 g/mol. The summed E-state index contributed by atoms with van der Waals surface area (Å²) < 4.78 is 0. The van der Waals surface area contributed by atoms with Crippen molar-refractivity contribution in [3.8, 4) is 0 Å². The summed E-state index contributed by atoms with van der Waals surface area (Å²) in [7, 11) is 5.75. The Morgan fingerprint density at radius 1 is 1.10 bits per heavy atom. The molecule has 2 rings (SSSR count). The quantitative estimate of drug-likeness (QED) is 0.267. The van der Waals surface area contributed by atoms with Gasteiger partial charge in [0.25, 0.3) is 5.91 Å². The number of carbonyl (C=O) groups excluding carboxylic acids is 3. The van der Waals surface area contributed by atoms with Gasteiger partial charge in [-0.3, -0.25) is 14.4 Å². The van der Waals surface area contributed by atoms with E-state index in [0.717, 1.165) is 5.56 Å². The van der Waals surface area contributed by atoms with E-state index in [1.807, 2.05) is 62.1 Å². The van der Waals surface area contributed by atoms with Gasteiger partial charge < -0.3 is 31.5 Å². The smallest absolute Gasteiger partial charge is 0.271 e. The number of nitrogens with one attached hydrogen (secondary N) is 3. The van der Waals surface area contributed by atoms with Crippen molar-refractivity contribution < 1.29 is 14.4 Å². The molecule has 1 aromatic carbocycles. The first-order valence-corrected chi connectivity index (χ1v) is 13.1. The number of nitrogens with two attached hydrogens (primary N) is 1. The Balaban J connectivity index is 2.06. The van der Waals surface area contributed by atoms with Crippen LogP contribution in [-0.4, -0.2) is 78.9 Å². The topological polar surface area (TPSA) is 146 Å². The highest BCUT2D eigenvalue weighted by atomic mass is 16.2. The molecule has 11 nitrogen and oxygen atoms in total. The molecule has 212 valence electrons. The molecular formula is C28H42N8O3. The lowest BCUT2D eigenvalue weighted by Gasteiger charge is -2.25. The minimum absolute atomic E-state index is 0.0815. The highest BCUT2D eigenvalue weighted by molar-refractivity contribution is 5.96. The number of primary amides is 1. The summed E-state index contributed by atoms with van der Waals surface area (Å²) in [6.07, 6.45) is 4.34. The summed E-state index contributed by atoms with van der Waals surface area (Å²) in [5.41, 5.74) is 8.08. The van der Waals surface area contributed by atoms with Gasteiger partial charge in [0.05, 0.1) is 5.69 Å². The van der Waals surface area contributed by atoms with Crippen LogP contribution in [0.2, 0.25) is 0 Å². The molecule has 39 heavy (non-hydrogen) atoms. The number of hydrogen-bond acceptors (Lipinski definition) is 8. The molecule has 0 saturated heterocycles. The maximum Gasteiger partial charge on any atom is 0.271 e. The van der Waals surface area contributed by atoms with Crippen molar-refractivity contribution in [3.05, 3.63) is 53.4 Å². The molecule has 1 atom stereocenters. The zero-order chi connectivity index (χ0) is 29.1. The fourth-order valence-electron chi connectivity index (χ4n) is 3.61. The lowest BCUT2D eigenvalue weighted by atomic mass is 10.1. The molecule has 3 amide bonds. The Kier molecular flexibility index (Phi) is 11.9. The van der Waals surface area contributed by atoms with E-state index >= 15 is 0 Å². The Hall–Kier alpha value is -3.99. The molecule has 11 heteroatoms. The molecule has 1 aromatic heterocycles. The lowest BCUT2D eigenvalue weighted by Crippen LogP contribution is -2.44. The SMILES string of the molecule is CCc1nc(C(N)=O)c(Nc2cccc(CCNC(=O)C(C)NC(=O)C=CCN(C)C)c2)nc1N(C)C(C)C. The number of nitrogens with zero attached hydrogens (tertiary/aromatic N) is 4. The van der Waals surface area contributed by atoms with Crippen LogP contribution in [0, 0.1) is 0 Å². The van der Waals surface area contributed by atoms with E-state index in [2.05, 4.69) is 34.8 Å². The number of likely N-dealkylation sites (N-methyl/N-ethyl adjacent to an activating group) is 1. The van der Waals surface area contributed by atoms with Gasteiger partial charge in [-0.1, -0.05) is 25.1 Å². The van der Waals surface area contributed by atoms with E-state index in [9.17, 15) is 14.4 Å². The third-order valence-corrected chi connectivity index (χ3v) is 6.02. The van der Waals surface area contributed by atoms with Gasteiger partial charge in [0.2, 0.25) is 11.8 Å². The average Bonchev–Trinajstić information content (AvgIpc) is 2.87. The first-order chi connectivity index (χ1) is 18.4. The lowest BCUT2D eigenvalue weighted by molar-refractivity contribution is -0.126. The van der Waals surface area contributed by atoms with E-state index in [0.29, 0.717) is 43.1 Å². The number of aryl methyl sites for hydroxylation is 1. The molecule has 5 N–H and O–H groups in total. The molecule has 0 radical (unpaired) electrons. The molecule has 1 heterocycles. The molecule has 2 aromatic rings. The van der Waals surface area contributed by atoms with E-state index in [1.54, 1.807) is 13.0 Å². The number of carbonyl (C=O) groups is 3. The van der Waals surface area contributed by atoms with E-state index in [-0.39, 0.29) is 29.4 Å². The summed E-state index contributed by atoms with van der Waals surface area (Å²) in [6.45, 7) is 8.73. The van der Waals surface area contributed by atoms with Gasteiger partial charge >= 0.3 is 0 Å². The van der Waals surface area contributed by atoms with Crippen molar-refractivity contribution in [2.75, 3.05) is 44.4 Å². The second-order valence-electron chi connectivity index (χ2n) is 9.87. The molecule has 0 spiro atoms. The number of rotatable bonds is 14. The van der Waals surface area contributed by atoms with Crippen molar-refractivity contribution in [3.63, 3.8) is 0 Å². The van der Waals surface area contributed by atoms with Gasteiger partial charge in [-0.25, -0.2) is 9.97 Å². The summed E-state index contributed by atoms with van der Waals surface area (Å²) in [5.74, 6) is -0.263. The normalized spacial score (nSPS) is 12.0. The first-order valence-electron chi connectivity index (χ1n) is 13.1. The molecule has 0 aliphatic carbocycles. The monoisotopic (exact) mass is 538 g/mol. The van der Waals surface area contributed by atoms with Gasteiger partial charge in [0, 0.05) is 37.9 Å². The fraction of sp³-hybridized carbons (Fsp3) is 0.464. The fourth-order valence-corrected chi connectivity index (χ4v) is 3.61. The number of aromatic nitrogens is 2. The van der Waals surface area contributed by atoms with E-state index in [4.69, 9.17) is 10.7 Å². The highest BCUT2D eigenvalue weighted by Gasteiger charge is 2.20. The minimum Gasteiger partial charge on any atom is -0.364 e. The first kappa shape index (κ1) is 31.2. The van der Waals surface area contributed by atoms with Crippen LogP contribution >= 0.6 is 0 Å². The number of hydrogen-bond donors (Lipinski definition) is 4. The largest absolute Gasteiger partial charge is 0.364 e. The number of amides is 3. The van der Waals surface area contributed by atoms with Crippen molar-refractivity contribution >= 4 is 35.0 Å². The third kappa shape index (κ3) is 9.68. The summed E-state index contributed by atoms with van der Waals surface area (Å²) in [4.78, 5) is 49.7. The molecule has 1 unspecified atom stereocenters. The van der Waals surface area contributed by atoms with Gasteiger partial charge in [0.15, 0.2) is 17.3 Å². The maximum absolute atomic E-state index is 12.4. The molecule has 0 fully saturated rings. The number of benzene rings is 1. The Morgan fingerprint density at radius 3 is 2.44 bits per heavy atom. The highest BCUT2D eigenvalue weighted by Crippen LogP contribution is 2.25. The van der Waals surface area contributed by atoms with Crippen LogP contribution in [-0.2, 0) is 22.4 Å². The van der Waals surface area contributed by atoms with Crippen molar-refractivity contribution in [1.82, 2.24) is 25.5 Å². The van der Waals surface area contributed by atoms with E-state index < -0.39 is 11.9 Å². The molecule has 0 bridgehead atoms. The van der Waals surface area contributed by atoms with Crippen molar-refractivity contribution in [1.29, 1.82) is 0 Å². The van der Waals surface area contributed by atoms with Gasteiger partial charge in [-0.2, -0.15) is 0 Å². The van der Waals surface area contributed by atoms with Gasteiger partial charge in [-0.05, 0) is 65.4 Å². The van der Waals surface area contributed by atoms with Crippen LogP contribution in [0.3, 0.4) is 0 Å². The minimum atomic E-state index is -0.662. The van der Waals surface area contributed by atoms with Gasteiger partial charge in [-0.15, -0.1) is 0 Å². The molecule has 0 aliphatic rings. The molecule has 0 saturated carbocycles. The summed E-state index contributed by atoms with van der Waals surface area (Å²) in [6, 6.07) is 7.11. The van der Waals surface area contributed by atoms with Gasteiger partial charge in [0.1, 0.15) is 6.04 Å². The predicted octanol–water partition coefficient (Wildman–Crippen LogP) is 2.01. The molecular weight excluding hydrogens is 496 g/mol. The summed E-state index contributed by atoms with van der Waals surface area (Å²) >= 11 is 0. The third-order valence-electron chi connectivity index (χ3n) is 6.02. The second kappa shape index (κ2) is 14.8. The standard InChI is InChI=1S/C28H42N8O3/c1-8-22-27(36(7)18(2)3)34-26(24(33-22)25(29)38)32-21-12-9-11-20(17-21)14-15-30-28(39)19(4)31-23(37)13-10-16-35(5)6/h9-13,17-19H,8,14-16H2,1-7H3,(H2,29,38)(H,30,39)(H,31,37)(H,32,34). The Bertz CT molecular complexity index is 1180. The van der Waals surface area contributed by atoms with Crippen molar-refractivity contribution in [2.45, 2.75) is 52.6 Å². The van der Waals surface area contributed by atoms with Crippen LogP contribution in [0.5, 0.6) is 0 Å². The predicted molar refractivity (Wildman–Crippen MR) is 155 cm³/mol. The van der Waals surface area contributed by atoms with Crippen LogP contribution in [0.25, 0.3) is 0 Å². The maximum atomic E-state index is 12.4. The van der Waals surface area contributed by atoms with Crippen LogP contribution in [0.15, 0.2) is 36.4 Å². The molecule has 0 aliphatic heterocycles. The Labute approximate surface area is 231 Å². The van der Waals surface area contributed by atoms with E-state index in [1.165, 1.54) is 6.08 Å². The number of anilines is 3. The Morgan fingerprint density at radius 2 is 1.82 bits per heavy atom. The van der Waals surface area contributed by atoms with Crippen molar-refractivity contribution in [2.24, 2.45) is 5.73 Å². The van der Waals surface area contributed by atoms with Crippen LogP contribution in [0.4, 0.5) is 17.3 Å². The summed E-state index contributed by atoms with van der Waals surface area (Å²) in [5, 5.41) is 8.71.